The summed E-state index contributed by atoms with van der Waals surface area (Å²) in [6.45, 7) is 2.27. The summed E-state index contributed by atoms with van der Waals surface area (Å²) >= 11 is 0. The number of amides is 1. The summed E-state index contributed by atoms with van der Waals surface area (Å²) in [6, 6.07) is 5.82. The van der Waals surface area contributed by atoms with Crippen molar-refractivity contribution in [1.29, 1.82) is 0 Å². The normalized spacial score (nSPS) is 16.4. The SMILES string of the molecule is CC1(c2ccc(F)cc2)CN(C(=O)c2cnc(N)nc2C(F)(F)F)C1. The van der Waals surface area contributed by atoms with Crippen LogP contribution in [0.15, 0.2) is 30.5 Å². The Balaban J connectivity index is 1.82. The molecule has 1 fully saturated rings. The number of alkyl halides is 3. The van der Waals surface area contributed by atoms with Gasteiger partial charge in [-0.2, -0.15) is 13.2 Å². The zero-order chi connectivity index (χ0) is 18.4. The molecule has 1 aliphatic heterocycles. The van der Waals surface area contributed by atoms with E-state index in [0.717, 1.165) is 11.8 Å². The first-order valence-corrected chi connectivity index (χ1v) is 7.35. The number of halogens is 4. The van der Waals surface area contributed by atoms with Crippen LogP contribution in [0.1, 0.15) is 28.5 Å². The molecule has 2 N–H and O–H groups in total. The third-order valence-corrected chi connectivity index (χ3v) is 4.21. The van der Waals surface area contributed by atoms with Crippen LogP contribution in [0, 0.1) is 5.82 Å². The van der Waals surface area contributed by atoms with Gasteiger partial charge in [-0.15, -0.1) is 0 Å². The van der Waals surface area contributed by atoms with E-state index in [1.807, 2.05) is 6.92 Å². The number of likely N-dealkylation sites (tertiary alicyclic amines) is 1. The number of hydrogen-bond acceptors (Lipinski definition) is 4. The van der Waals surface area contributed by atoms with Crippen molar-refractivity contribution in [3.05, 3.63) is 53.1 Å². The molecule has 0 saturated carbocycles. The summed E-state index contributed by atoms with van der Waals surface area (Å²) in [7, 11) is 0. The summed E-state index contributed by atoms with van der Waals surface area (Å²) in [6.07, 6.45) is -4.02. The highest BCUT2D eigenvalue weighted by atomic mass is 19.4. The van der Waals surface area contributed by atoms with E-state index < -0.39 is 34.7 Å². The third-order valence-electron chi connectivity index (χ3n) is 4.21. The third kappa shape index (κ3) is 3.13. The van der Waals surface area contributed by atoms with Crippen LogP contribution in [0.4, 0.5) is 23.5 Å². The molecule has 3 rings (SSSR count). The van der Waals surface area contributed by atoms with Crippen LogP contribution < -0.4 is 5.73 Å². The van der Waals surface area contributed by atoms with E-state index >= 15 is 0 Å². The Hall–Kier alpha value is -2.71. The number of carbonyl (C=O) groups excluding carboxylic acids is 1. The van der Waals surface area contributed by atoms with Gasteiger partial charge in [0.05, 0.1) is 5.56 Å². The Morgan fingerprint density at radius 3 is 2.40 bits per heavy atom. The number of carbonyl (C=O) groups is 1. The molecular weight excluding hydrogens is 340 g/mol. The molecule has 9 heteroatoms. The number of benzene rings is 1. The van der Waals surface area contributed by atoms with Gasteiger partial charge < -0.3 is 10.6 Å². The van der Waals surface area contributed by atoms with Crippen molar-refractivity contribution < 1.29 is 22.4 Å². The summed E-state index contributed by atoms with van der Waals surface area (Å²) in [5, 5.41) is 0. The van der Waals surface area contributed by atoms with Gasteiger partial charge in [0, 0.05) is 24.7 Å². The largest absolute Gasteiger partial charge is 0.434 e. The second-order valence-electron chi connectivity index (χ2n) is 6.22. The average Bonchev–Trinajstić information content (AvgIpc) is 2.51. The van der Waals surface area contributed by atoms with Crippen LogP contribution in [0.5, 0.6) is 0 Å². The van der Waals surface area contributed by atoms with Gasteiger partial charge in [-0.1, -0.05) is 19.1 Å². The van der Waals surface area contributed by atoms with Gasteiger partial charge in [0.1, 0.15) is 5.82 Å². The fourth-order valence-corrected chi connectivity index (χ4v) is 2.91. The Morgan fingerprint density at radius 2 is 1.84 bits per heavy atom. The number of rotatable bonds is 2. The van der Waals surface area contributed by atoms with Crippen molar-refractivity contribution in [3.63, 3.8) is 0 Å². The average molecular weight is 354 g/mol. The van der Waals surface area contributed by atoms with Crippen LogP contribution >= 0.6 is 0 Å². The summed E-state index contributed by atoms with van der Waals surface area (Å²) in [5.41, 5.74) is 3.58. The summed E-state index contributed by atoms with van der Waals surface area (Å²) in [5.74, 6) is -1.75. The van der Waals surface area contributed by atoms with E-state index in [4.69, 9.17) is 5.73 Å². The molecule has 0 bridgehead atoms. The van der Waals surface area contributed by atoms with E-state index in [2.05, 4.69) is 9.97 Å². The first kappa shape index (κ1) is 17.1. The van der Waals surface area contributed by atoms with Crippen molar-refractivity contribution in [3.8, 4) is 0 Å². The van der Waals surface area contributed by atoms with Crippen LogP contribution in [0.3, 0.4) is 0 Å². The maximum absolute atomic E-state index is 13.1. The lowest BCUT2D eigenvalue weighted by molar-refractivity contribution is -0.141. The van der Waals surface area contributed by atoms with Crippen LogP contribution in [-0.2, 0) is 11.6 Å². The molecule has 132 valence electrons. The van der Waals surface area contributed by atoms with Crippen molar-refractivity contribution in [2.45, 2.75) is 18.5 Å². The van der Waals surface area contributed by atoms with Gasteiger partial charge in [0.25, 0.3) is 5.91 Å². The molecule has 0 atom stereocenters. The van der Waals surface area contributed by atoms with Gasteiger partial charge >= 0.3 is 6.18 Å². The minimum absolute atomic E-state index is 0.207. The minimum Gasteiger partial charge on any atom is -0.368 e. The number of nitrogen functional groups attached to an aromatic ring is 1. The van der Waals surface area contributed by atoms with Crippen LogP contribution in [-0.4, -0.2) is 33.9 Å². The quantitative estimate of drug-likeness (QED) is 0.842. The summed E-state index contributed by atoms with van der Waals surface area (Å²) in [4.78, 5) is 20.4. The highest BCUT2D eigenvalue weighted by molar-refractivity contribution is 5.96. The lowest BCUT2D eigenvalue weighted by Gasteiger charge is -2.48. The van der Waals surface area contributed by atoms with E-state index in [0.29, 0.717) is 0 Å². The fraction of sp³-hybridized carbons (Fsp3) is 0.312. The van der Waals surface area contributed by atoms with Gasteiger partial charge in [-0.05, 0) is 17.7 Å². The first-order chi connectivity index (χ1) is 11.6. The molecule has 0 aliphatic carbocycles. The lowest BCUT2D eigenvalue weighted by Crippen LogP contribution is -2.59. The molecule has 2 aromatic rings. The highest BCUT2D eigenvalue weighted by Gasteiger charge is 2.45. The monoisotopic (exact) mass is 354 g/mol. The highest BCUT2D eigenvalue weighted by Crippen LogP contribution is 2.37. The molecule has 0 unspecified atom stereocenters. The minimum atomic E-state index is -4.81. The standard InChI is InChI=1S/C16H14F4N4O/c1-15(9-2-4-10(17)5-3-9)7-24(8-15)13(25)11-6-22-14(21)23-12(11)16(18,19)20/h2-6H,7-8H2,1H3,(H2,21,22,23). The Kier molecular flexibility index (Phi) is 3.89. The predicted molar refractivity (Wildman–Crippen MR) is 81.1 cm³/mol. The van der Waals surface area contributed by atoms with E-state index in [-0.39, 0.29) is 18.9 Å². The molecule has 0 radical (unpaired) electrons. The van der Waals surface area contributed by atoms with E-state index in [1.54, 1.807) is 12.1 Å². The van der Waals surface area contributed by atoms with Crippen LogP contribution in [0.2, 0.25) is 0 Å². The summed E-state index contributed by atoms with van der Waals surface area (Å²) < 4.78 is 52.2. The van der Waals surface area contributed by atoms with Gasteiger partial charge in [-0.3, -0.25) is 4.79 Å². The smallest absolute Gasteiger partial charge is 0.368 e. The Labute approximate surface area is 140 Å². The number of hydrogen-bond donors (Lipinski definition) is 1. The Bertz CT molecular complexity index is 814. The van der Waals surface area contributed by atoms with Gasteiger partial charge in [-0.25, -0.2) is 14.4 Å². The zero-order valence-electron chi connectivity index (χ0n) is 13.1. The van der Waals surface area contributed by atoms with Gasteiger partial charge in [0.2, 0.25) is 5.95 Å². The molecule has 1 amide bonds. The molecule has 2 heterocycles. The number of nitrogens with zero attached hydrogens (tertiary/aromatic N) is 3. The van der Waals surface area contributed by atoms with Gasteiger partial charge in [0.15, 0.2) is 5.69 Å². The van der Waals surface area contributed by atoms with Crippen LogP contribution in [0.25, 0.3) is 0 Å². The van der Waals surface area contributed by atoms with Crippen molar-refractivity contribution in [2.24, 2.45) is 0 Å². The lowest BCUT2D eigenvalue weighted by atomic mass is 9.75. The van der Waals surface area contributed by atoms with Crippen molar-refractivity contribution in [1.82, 2.24) is 14.9 Å². The second kappa shape index (κ2) is 5.68. The predicted octanol–water partition coefficient (Wildman–Crippen LogP) is 2.63. The number of aromatic nitrogens is 2. The molecule has 1 saturated heterocycles. The molecule has 1 aliphatic rings. The molecular formula is C16H14F4N4O. The molecule has 0 spiro atoms. The van der Waals surface area contributed by atoms with E-state index in [1.165, 1.54) is 17.0 Å². The molecule has 5 nitrogen and oxygen atoms in total. The second-order valence-corrected chi connectivity index (χ2v) is 6.22. The number of anilines is 1. The molecule has 1 aromatic heterocycles. The van der Waals surface area contributed by atoms with Crippen molar-refractivity contribution >= 4 is 11.9 Å². The Morgan fingerprint density at radius 1 is 1.24 bits per heavy atom. The van der Waals surface area contributed by atoms with E-state index in [9.17, 15) is 22.4 Å². The molecule has 1 aromatic carbocycles. The maximum Gasteiger partial charge on any atom is 0.434 e. The number of nitrogens with two attached hydrogens (primary N) is 1. The first-order valence-electron chi connectivity index (χ1n) is 7.35. The zero-order valence-corrected chi connectivity index (χ0v) is 13.1. The maximum atomic E-state index is 13.1. The fourth-order valence-electron chi connectivity index (χ4n) is 2.91. The molecule has 25 heavy (non-hydrogen) atoms. The topological polar surface area (TPSA) is 72.1 Å². The van der Waals surface area contributed by atoms with Crippen molar-refractivity contribution in [2.75, 3.05) is 18.8 Å².